The first kappa shape index (κ1) is 19.0. The molecule has 3 rings (SSSR count). The predicted molar refractivity (Wildman–Crippen MR) is 110 cm³/mol. The first-order valence-electron chi connectivity index (χ1n) is 9.36. The number of anilines is 3. The number of nitrogens with two attached hydrogens (primary N) is 1. The second-order valence-electron chi connectivity index (χ2n) is 7.04. The molecule has 0 spiro atoms. The molecule has 1 aromatic carbocycles. The summed E-state index contributed by atoms with van der Waals surface area (Å²) in [7, 11) is 0. The number of rotatable bonds is 8. The van der Waals surface area contributed by atoms with Gasteiger partial charge in [0, 0.05) is 23.9 Å². The van der Waals surface area contributed by atoms with Crippen molar-refractivity contribution in [2.24, 2.45) is 0 Å². The molecule has 0 aliphatic carbocycles. The number of aromatic nitrogens is 3. The number of aliphatic hydroxyl groups is 1. The number of fused-ring (bicyclic) bond motifs is 1. The second-order valence-corrected chi connectivity index (χ2v) is 7.04. The van der Waals surface area contributed by atoms with Crippen LogP contribution >= 0.6 is 0 Å². The molecular weight excluding hydrogens is 340 g/mol. The summed E-state index contributed by atoms with van der Waals surface area (Å²) in [5.41, 5.74) is 9.55. The van der Waals surface area contributed by atoms with Crippen LogP contribution in [-0.2, 0) is 6.54 Å². The molecule has 0 bridgehead atoms. The first-order chi connectivity index (χ1) is 13.0. The van der Waals surface area contributed by atoms with Gasteiger partial charge in [0.25, 0.3) is 0 Å². The van der Waals surface area contributed by atoms with Crippen molar-refractivity contribution in [1.29, 1.82) is 0 Å². The molecule has 0 saturated heterocycles. The molecule has 2 heterocycles. The Balaban J connectivity index is 1.94. The van der Waals surface area contributed by atoms with E-state index in [0.29, 0.717) is 12.5 Å². The molecule has 1 atom stereocenters. The predicted octanol–water partition coefficient (Wildman–Crippen LogP) is 3.23. The van der Waals surface area contributed by atoms with Gasteiger partial charge in [-0.1, -0.05) is 32.9 Å². The van der Waals surface area contributed by atoms with E-state index in [2.05, 4.69) is 29.6 Å². The van der Waals surface area contributed by atoms with Gasteiger partial charge in [-0.3, -0.25) is 0 Å². The average Bonchev–Trinajstić information content (AvgIpc) is 3.09. The minimum Gasteiger partial charge on any atom is -0.399 e. The summed E-state index contributed by atoms with van der Waals surface area (Å²) in [6.07, 6.45) is 2.68. The molecule has 5 N–H and O–H groups in total. The Morgan fingerprint density at radius 3 is 2.59 bits per heavy atom. The van der Waals surface area contributed by atoms with Crippen LogP contribution in [-0.4, -0.2) is 32.4 Å². The molecule has 0 saturated carbocycles. The minimum atomic E-state index is -0.0321. The van der Waals surface area contributed by atoms with Gasteiger partial charge in [-0.2, -0.15) is 9.61 Å². The van der Waals surface area contributed by atoms with Gasteiger partial charge in [0.05, 0.1) is 18.8 Å². The van der Waals surface area contributed by atoms with E-state index in [1.807, 2.05) is 48.0 Å². The molecule has 0 unspecified atom stereocenters. The van der Waals surface area contributed by atoms with Gasteiger partial charge < -0.3 is 21.5 Å². The normalized spacial score (nSPS) is 12.5. The zero-order chi connectivity index (χ0) is 19.4. The van der Waals surface area contributed by atoms with E-state index in [1.54, 1.807) is 0 Å². The maximum Gasteiger partial charge on any atom is 0.163 e. The van der Waals surface area contributed by atoms with Crippen LogP contribution in [0.2, 0.25) is 0 Å². The van der Waals surface area contributed by atoms with Crippen LogP contribution in [0.5, 0.6) is 0 Å². The van der Waals surface area contributed by atoms with Crippen molar-refractivity contribution in [2.45, 2.75) is 45.7 Å². The smallest absolute Gasteiger partial charge is 0.163 e. The molecule has 144 valence electrons. The van der Waals surface area contributed by atoms with Gasteiger partial charge >= 0.3 is 0 Å². The summed E-state index contributed by atoms with van der Waals surface area (Å²) in [5, 5.41) is 20.8. The maximum absolute atomic E-state index is 9.51. The standard InChI is InChI=1S/C20H28N6O/c1-4-16(12-27)24-18-9-19(22-10-14-5-7-15(21)8-6-14)26-20(25-18)17(11-23-26)13(2)3/h5-9,11,13,16,22,27H,4,10,12,21H2,1-3H3,(H,24,25)/t16-/m0/s1. The maximum atomic E-state index is 9.51. The van der Waals surface area contributed by atoms with E-state index in [-0.39, 0.29) is 12.6 Å². The number of nitrogen functional groups attached to an aromatic ring is 1. The molecule has 0 aliphatic heterocycles. The van der Waals surface area contributed by atoms with Gasteiger partial charge in [-0.25, -0.2) is 4.98 Å². The Morgan fingerprint density at radius 1 is 1.22 bits per heavy atom. The molecule has 27 heavy (non-hydrogen) atoms. The van der Waals surface area contributed by atoms with E-state index in [4.69, 9.17) is 10.7 Å². The molecule has 2 aromatic heterocycles. The highest BCUT2D eigenvalue weighted by atomic mass is 16.3. The van der Waals surface area contributed by atoms with Crippen molar-refractivity contribution >= 4 is 23.0 Å². The van der Waals surface area contributed by atoms with Crippen molar-refractivity contribution in [3.63, 3.8) is 0 Å². The highest BCUT2D eigenvalue weighted by Gasteiger charge is 2.15. The SMILES string of the molecule is CC[C@@H](CO)Nc1cc(NCc2ccc(N)cc2)n2ncc(C(C)C)c2n1. The van der Waals surface area contributed by atoms with Gasteiger partial charge in [0.1, 0.15) is 11.6 Å². The summed E-state index contributed by atoms with van der Waals surface area (Å²) in [4.78, 5) is 4.74. The first-order valence-corrected chi connectivity index (χ1v) is 9.36. The lowest BCUT2D eigenvalue weighted by Crippen LogP contribution is -2.23. The molecular formula is C20H28N6O. The van der Waals surface area contributed by atoms with Crippen LogP contribution in [0.1, 0.15) is 44.2 Å². The van der Waals surface area contributed by atoms with E-state index in [0.717, 1.165) is 40.5 Å². The third-order valence-electron chi connectivity index (χ3n) is 4.64. The van der Waals surface area contributed by atoms with Crippen LogP contribution in [0.25, 0.3) is 5.65 Å². The van der Waals surface area contributed by atoms with Crippen molar-refractivity contribution in [3.8, 4) is 0 Å². The fourth-order valence-corrected chi connectivity index (χ4v) is 2.90. The number of aliphatic hydroxyl groups excluding tert-OH is 1. The lowest BCUT2D eigenvalue weighted by atomic mass is 10.1. The number of hydrogen-bond donors (Lipinski definition) is 4. The van der Waals surface area contributed by atoms with Crippen LogP contribution in [0.15, 0.2) is 36.5 Å². The third-order valence-corrected chi connectivity index (χ3v) is 4.64. The third kappa shape index (κ3) is 4.31. The van der Waals surface area contributed by atoms with E-state index < -0.39 is 0 Å². The highest BCUT2D eigenvalue weighted by Crippen LogP contribution is 2.25. The number of nitrogens with one attached hydrogen (secondary N) is 2. The molecule has 0 fully saturated rings. The Morgan fingerprint density at radius 2 is 1.96 bits per heavy atom. The van der Waals surface area contributed by atoms with E-state index in [1.165, 1.54) is 0 Å². The van der Waals surface area contributed by atoms with Gasteiger partial charge in [0.2, 0.25) is 0 Å². The molecule has 0 aliphatic rings. The fraction of sp³-hybridized carbons (Fsp3) is 0.400. The largest absolute Gasteiger partial charge is 0.399 e. The molecule has 0 radical (unpaired) electrons. The topological polar surface area (TPSA) is 100 Å². The van der Waals surface area contributed by atoms with Crippen LogP contribution in [0, 0.1) is 0 Å². The Labute approximate surface area is 159 Å². The highest BCUT2D eigenvalue weighted by molar-refractivity contribution is 5.61. The van der Waals surface area contributed by atoms with Crippen molar-refractivity contribution in [3.05, 3.63) is 47.7 Å². The van der Waals surface area contributed by atoms with Gasteiger partial charge in [0.15, 0.2) is 5.65 Å². The van der Waals surface area contributed by atoms with Crippen molar-refractivity contribution < 1.29 is 5.11 Å². The summed E-state index contributed by atoms with van der Waals surface area (Å²) < 4.78 is 1.83. The van der Waals surface area contributed by atoms with Crippen LogP contribution in [0.4, 0.5) is 17.3 Å². The lowest BCUT2D eigenvalue weighted by Gasteiger charge is -2.17. The summed E-state index contributed by atoms with van der Waals surface area (Å²) in [6, 6.07) is 9.69. The van der Waals surface area contributed by atoms with E-state index in [9.17, 15) is 5.11 Å². The molecule has 7 nitrogen and oxygen atoms in total. The zero-order valence-corrected chi connectivity index (χ0v) is 16.1. The average molecular weight is 368 g/mol. The van der Waals surface area contributed by atoms with Crippen molar-refractivity contribution in [1.82, 2.24) is 14.6 Å². The number of benzene rings is 1. The van der Waals surface area contributed by atoms with Crippen LogP contribution < -0.4 is 16.4 Å². The molecule has 3 aromatic rings. The monoisotopic (exact) mass is 368 g/mol. The molecule has 0 amide bonds. The van der Waals surface area contributed by atoms with Crippen molar-refractivity contribution in [2.75, 3.05) is 23.0 Å². The van der Waals surface area contributed by atoms with Gasteiger partial charge in [-0.05, 0) is 30.0 Å². The minimum absolute atomic E-state index is 0.0321. The van der Waals surface area contributed by atoms with Crippen LogP contribution in [0.3, 0.4) is 0 Å². The zero-order valence-electron chi connectivity index (χ0n) is 16.1. The van der Waals surface area contributed by atoms with Gasteiger partial charge in [-0.15, -0.1) is 0 Å². The summed E-state index contributed by atoms with van der Waals surface area (Å²) >= 11 is 0. The Kier molecular flexibility index (Phi) is 5.81. The summed E-state index contributed by atoms with van der Waals surface area (Å²) in [5.74, 6) is 1.89. The molecule has 7 heteroatoms. The Hall–Kier alpha value is -2.80. The Bertz CT molecular complexity index is 883. The summed E-state index contributed by atoms with van der Waals surface area (Å²) in [6.45, 7) is 7.00. The number of nitrogens with zero attached hydrogens (tertiary/aromatic N) is 3. The second kappa shape index (κ2) is 8.26. The fourth-order valence-electron chi connectivity index (χ4n) is 2.90. The lowest BCUT2D eigenvalue weighted by molar-refractivity contribution is 0.271. The van der Waals surface area contributed by atoms with E-state index >= 15 is 0 Å². The quantitative estimate of drug-likeness (QED) is 0.456. The number of hydrogen-bond acceptors (Lipinski definition) is 6.